The minimum absolute atomic E-state index is 0.208. The predicted molar refractivity (Wildman–Crippen MR) is 124 cm³/mol. The average Bonchev–Trinajstić information content (AvgIpc) is 3.31. The number of nitrogens with one attached hydrogen (secondary N) is 1. The molecular formula is C23H18Cl2FN3OS. The minimum Gasteiger partial charge on any atom is -0.344 e. The largest absolute Gasteiger partial charge is 0.344 e. The summed E-state index contributed by atoms with van der Waals surface area (Å²) in [6.07, 6.45) is 0. The quantitative estimate of drug-likeness (QED) is 0.344. The lowest BCUT2D eigenvalue weighted by atomic mass is 10.1. The normalized spacial score (nSPS) is 12.0. The number of carbonyl (C=O) groups is 1. The van der Waals surface area contributed by atoms with Crippen LogP contribution in [0, 0.1) is 12.1 Å². The fourth-order valence-corrected chi connectivity index (χ4v) is 4.67. The summed E-state index contributed by atoms with van der Waals surface area (Å²) in [6, 6.07) is 17.5. The number of thiophene rings is 1. The second kappa shape index (κ2) is 8.83. The zero-order valence-corrected chi connectivity index (χ0v) is 19.0. The second-order valence-corrected chi connectivity index (χ2v) is 8.92. The predicted octanol–water partition coefficient (Wildman–Crippen LogP) is 6.85. The number of carbonyl (C=O) groups excluding carboxylic acids is 1. The molecule has 0 spiro atoms. The van der Waals surface area contributed by atoms with E-state index >= 15 is 0 Å². The third-order valence-corrected chi connectivity index (χ3v) is 6.35. The molecule has 4 aromatic rings. The third kappa shape index (κ3) is 4.37. The van der Waals surface area contributed by atoms with Crippen LogP contribution in [0.25, 0.3) is 16.3 Å². The molecule has 1 atom stereocenters. The van der Waals surface area contributed by atoms with Crippen molar-refractivity contribution in [1.29, 1.82) is 0 Å². The van der Waals surface area contributed by atoms with E-state index in [1.807, 2.05) is 37.3 Å². The van der Waals surface area contributed by atoms with Crippen LogP contribution in [0.15, 0.2) is 60.7 Å². The average molecular weight is 474 g/mol. The summed E-state index contributed by atoms with van der Waals surface area (Å²) >= 11 is 13.4. The molecule has 0 saturated heterocycles. The van der Waals surface area contributed by atoms with Gasteiger partial charge in [-0.2, -0.15) is 9.49 Å². The summed E-state index contributed by atoms with van der Waals surface area (Å²) in [5.41, 5.74) is 3.02. The molecule has 1 N–H and O–H groups in total. The number of hydrogen-bond donors (Lipinski definition) is 1. The van der Waals surface area contributed by atoms with E-state index in [2.05, 4.69) is 10.4 Å². The molecule has 0 aliphatic carbocycles. The zero-order chi connectivity index (χ0) is 22.1. The number of halogens is 3. The maximum atomic E-state index is 13.8. The van der Waals surface area contributed by atoms with E-state index in [0.717, 1.165) is 16.9 Å². The monoisotopic (exact) mass is 473 g/mol. The van der Waals surface area contributed by atoms with Gasteiger partial charge in [0.05, 0.1) is 27.3 Å². The van der Waals surface area contributed by atoms with Crippen molar-refractivity contribution in [3.8, 4) is 16.3 Å². The van der Waals surface area contributed by atoms with Gasteiger partial charge in [-0.25, -0.2) is 4.68 Å². The van der Waals surface area contributed by atoms with Crippen molar-refractivity contribution < 1.29 is 9.18 Å². The number of nitrogens with zero attached hydrogens (tertiary/aromatic N) is 2. The molecule has 0 fully saturated rings. The van der Waals surface area contributed by atoms with Gasteiger partial charge in [0.1, 0.15) is 0 Å². The molecule has 0 aliphatic heterocycles. The molecule has 0 aliphatic rings. The fourth-order valence-electron chi connectivity index (χ4n) is 3.36. The van der Waals surface area contributed by atoms with E-state index in [0.29, 0.717) is 31.9 Å². The molecule has 4 rings (SSSR count). The smallest absolute Gasteiger partial charge is 0.272 e. The third-order valence-electron chi connectivity index (χ3n) is 4.93. The molecule has 2 heterocycles. The molecule has 158 valence electrons. The van der Waals surface area contributed by atoms with Gasteiger partial charge in [0.15, 0.2) is 10.8 Å². The van der Waals surface area contributed by atoms with Crippen molar-refractivity contribution in [2.24, 2.45) is 0 Å². The summed E-state index contributed by atoms with van der Waals surface area (Å²) in [7, 11) is 0. The van der Waals surface area contributed by atoms with Crippen LogP contribution in [0.4, 0.5) is 4.39 Å². The molecule has 31 heavy (non-hydrogen) atoms. The van der Waals surface area contributed by atoms with Crippen LogP contribution in [0.1, 0.15) is 34.6 Å². The van der Waals surface area contributed by atoms with E-state index < -0.39 is 0 Å². The Balaban J connectivity index is 1.79. The molecule has 1 unspecified atom stereocenters. The molecular weight excluding hydrogens is 456 g/mol. The first kappa shape index (κ1) is 21.6. The van der Waals surface area contributed by atoms with Crippen molar-refractivity contribution in [2.45, 2.75) is 19.9 Å². The van der Waals surface area contributed by atoms with E-state index in [-0.39, 0.29) is 22.8 Å². The molecule has 0 bridgehead atoms. The Morgan fingerprint density at radius 2 is 1.87 bits per heavy atom. The molecule has 0 saturated carbocycles. The number of hydrogen-bond acceptors (Lipinski definition) is 3. The molecule has 2 aromatic carbocycles. The van der Waals surface area contributed by atoms with Gasteiger partial charge in [-0.15, -0.1) is 11.3 Å². The van der Waals surface area contributed by atoms with Gasteiger partial charge in [0, 0.05) is 10.6 Å². The van der Waals surface area contributed by atoms with Crippen LogP contribution in [-0.4, -0.2) is 15.7 Å². The standard InChI is InChI=1S/C23H18Cl2FN3OS/c1-13-21(23(30)27-14(2)15-6-4-3-5-7-15)28-29(18-9-8-16(24)12-17(18)25)22(13)19-10-11-20(26)31-19/h3-12,14H,1-2H3,(H,27,30). The highest BCUT2D eigenvalue weighted by Crippen LogP contribution is 2.35. The van der Waals surface area contributed by atoms with Crippen LogP contribution in [0.2, 0.25) is 10.0 Å². The zero-order valence-electron chi connectivity index (χ0n) is 16.7. The first-order valence-electron chi connectivity index (χ1n) is 9.51. The Hall–Kier alpha value is -2.67. The van der Waals surface area contributed by atoms with Gasteiger partial charge >= 0.3 is 0 Å². The Bertz CT molecular complexity index is 1250. The Labute approximate surface area is 193 Å². The van der Waals surface area contributed by atoms with E-state index in [9.17, 15) is 9.18 Å². The first-order valence-corrected chi connectivity index (χ1v) is 11.1. The van der Waals surface area contributed by atoms with E-state index in [4.69, 9.17) is 23.2 Å². The second-order valence-electron chi connectivity index (χ2n) is 7.04. The highest BCUT2D eigenvalue weighted by Gasteiger charge is 2.25. The minimum atomic E-state index is -0.326. The summed E-state index contributed by atoms with van der Waals surface area (Å²) < 4.78 is 15.4. The lowest BCUT2D eigenvalue weighted by Gasteiger charge is -2.13. The molecule has 0 radical (unpaired) electrons. The van der Waals surface area contributed by atoms with E-state index in [1.165, 1.54) is 6.07 Å². The van der Waals surface area contributed by atoms with Gasteiger partial charge < -0.3 is 5.32 Å². The van der Waals surface area contributed by atoms with Gasteiger partial charge in [-0.05, 0) is 49.7 Å². The van der Waals surface area contributed by atoms with Crippen molar-refractivity contribution in [3.05, 3.63) is 92.7 Å². The summed E-state index contributed by atoms with van der Waals surface area (Å²) in [6.45, 7) is 3.70. The van der Waals surface area contributed by atoms with Crippen molar-refractivity contribution in [3.63, 3.8) is 0 Å². The first-order chi connectivity index (χ1) is 14.8. The van der Waals surface area contributed by atoms with Crippen LogP contribution >= 0.6 is 34.5 Å². The Kier molecular flexibility index (Phi) is 6.14. The van der Waals surface area contributed by atoms with Gasteiger partial charge in [-0.3, -0.25) is 4.79 Å². The molecule has 4 nitrogen and oxygen atoms in total. The SMILES string of the molecule is Cc1c(C(=O)NC(C)c2ccccc2)nn(-c2ccc(Cl)cc2Cl)c1-c1ccc(F)s1. The lowest BCUT2D eigenvalue weighted by molar-refractivity contribution is 0.0934. The molecule has 1 amide bonds. The van der Waals surface area contributed by atoms with Crippen LogP contribution in [-0.2, 0) is 0 Å². The number of rotatable bonds is 5. The Morgan fingerprint density at radius 3 is 2.52 bits per heavy atom. The van der Waals surface area contributed by atoms with Crippen molar-refractivity contribution in [2.75, 3.05) is 0 Å². The van der Waals surface area contributed by atoms with Crippen LogP contribution in [0.3, 0.4) is 0 Å². The van der Waals surface area contributed by atoms with Crippen molar-refractivity contribution in [1.82, 2.24) is 15.1 Å². The highest BCUT2D eigenvalue weighted by atomic mass is 35.5. The van der Waals surface area contributed by atoms with Gasteiger partial charge in [-0.1, -0.05) is 53.5 Å². The maximum Gasteiger partial charge on any atom is 0.272 e. The molecule has 2 aromatic heterocycles. The van der Waals surface area contributed by atoms with E-state index in [1.54, 1.807) is 35.9 Å². The van der Waals surface area contributed by atoms with Crippen LogP contribution < -0.4 is 5.32 Å². The Morgan fingerprint density at radius 1 is 1.13 bits per heavy atom. The maximum absolute atomic E-state index is 13.8. The number of amides is 1. The number of benzene rings is 2. The topological polar surface area (TPSA) is 46.9 Å². The summed E-state index contributed by atoms with van der Waals surface area (Å²) in [5, 5.41) is 8.08. The molecule has 8 heteroatoms. The van der Waals surface area contributed by atoms with Crippen LogP contribution in [0.5, 0.6) is 0 Å². The van der Waals surface area contributed by atoms with Crippen molar-refractivity contribution >= 4 is 40.4 Å². The summed E-state index contributed by atoms with van der Waals surface area (Å²) in [4.78, 5) is 13.8. The highest BCUT2D eigenvalue weighted by molar-refractivity contribution is 7.13. The summed E-state index contributed by atoms with van der Waals surface area (Å²) in [5.74, 6) is -0.323. The van der Waals surface area contributed by atoms with Gasteiger partial charge in [0.25, 0.3) is 5.91 Å². The van der Waals surface area contributed by atoms with Gasteiger partial charge in [0.2, 0.25) is 0 Å². The lowest BCUT2D eigenvalue weighted by Crippen LogP contribution is -2.27. The number of aromatic nitrogens is 2. The fraction of sp³-hybridized carbons (Fsp3) is 0.130.